The van der Waals surface area contributed by atoms with E-state index in [1.54, 1.807) is 38.0 Å². The third kappa shape index (κ3) is 5.53. The maximum absolute atomic E-state index is 12.5. The van der Waals surface area contributed by atoms with Gasteiger partial charge >= 0.3 is 0 Å². The largest absolute Gasteiger partial charge is 0.338 e. The van der Waals surface area contributed by atoms with Crippen molar-refractivity contribution in [3.05, 3.63) is 96.3 Å². The molecule has 0 bridgehead atoms. The first kappa shape index (κ1) is 25.0. The van der Waals surface area contributed by atoms with E-state index in [9.17, 15) is 9.36 Å². The van der Waals surface area contributed by atoms with Gasteiger partial charge in [0, 0.05) is 35.3 Å². The molecule has 3 aromatic heterocycles. The molecular weight excluding hydrogens is 497 g/mol. The highest BCUT2D eigenvalue weighted by atomic mass is 31.2. The van der Waals surface area contributed by atoms with Crippen LogP contribution in [-0.2, 0) is 4.57 Å². The van der Waals surface area contributed by atoms with E-state index in [0.29, 0.717) is 28.2 Å². The maximum Gasteiger partial charge on any atom is 0.257 e. The third-order valence-corrected chi connectivity index (χ3v) is 7.53. The van der Waals surface area contributed by atoms with Crippen molar-refractivity contribution < 1.29 is 9.36 Å². The molecule has 0 radical (unpaired) electrons. The molecule has 0 aliphatic rings. The van der Waals surface area contributed by atoms with Gasteiger partial charge in [0.2, 0.25) is 0 Å². The van der Waals surface area contributed by atoms with E-state index in [1.165, 1.54) is 12.5 Å². The number of carbonyl (C=O) groups excluding carboxylic acids is 1. The Morgan fingerprint density at radius 2 is 1.79 bits per heavy atom. The molecule has 2 aromatic carbocycles. The molecule has 1 amide bonds. The molecule has 0 saturated heterocycles. The molecule has 0 aliphatic carbocycles. The van der Waals surface area contributed by atoms with Gasteiger partial charge in [0.25, 0.3) is 5.91 Å². The first-order valence-corrected chi connectivity index (χ1v) is 14.5. The predicted molar refractivity (Wildman–Crippen MR) is 153 cm³/mol. The number of nitrogens with zero attached hydrogens (tertiary/aromatic N) is 5. The van der Waals surface area contributed by atoms with Gasteiger partial charge in [-0.3, -0.25) is 14.3 Å². The zero-order chi connectivity index (χ0) is 26.7. The number of rotatable bonds is 7. The normalized spacial score (nSPS) is 11.7. The van der Waals surface area contributed by atoms with Crippen molar-refractivity contribution in [1.29, 1.82) is 0 Å². The fraction of sp³-hybridized carbons (Fsp3) is 0.107. The molecule has 38 heavy (non-hydrogen) atoms. The number of carbonyl (C=O) groups is 1. The lowest BCUT2D eigenvalue weighted by Gasteiger charge is -2.09. The van der Waals surface area contributed by atoms with Crippen LogP contribution in [0.2, 0.25) is 0 Å². The number of pyridine rings is 1. The van der Waals surface area contributed by atoms with Crippen LogP contribution < -0.4 is 15.9 Å². The Morgan fingerprint density at radius 1 is 1.00 bits per heavy atom. The van der Waals surface area contributed by atoms with Crippen LogP contribution in [0.4, 0.5) is 17.2 Å². The fourth-order valence-corrected chi connectivity index (χ4v) is 4.72. The number of hydrogen-bond acceptors (Lipinski definition) is 7. The molecule has 9 nitrogen and oxygen atoms in total. The van der Waals surface area contributed by atoms with Crippen molar-refractivity contribution >= 4 is 59.0 Å². The second-order valence-electron chi connectivity index (χ2n) is 9.15. The van der Waals surface area contributed by atoms with Gasteiger partial charge in [0.15, 0.2) is 17.0 Å². The molecule has 2 N–H and O–H groups in total. The molecule has 3 heterocycles. The first-order valence-electron chi connectivity index (χ1n) is 11.9. The highest BCUT2D eigenvalue weighted by Gasteiger charge is 2.13. The standard InChI is InChI=1S/C28H26N7O2P/c1-19-6-7-23(34-28(36)21-5-4-13-29-16-21)15-20(19)12-14-35-18-32-25-26(30-17-31-27(25)35)33-22-8-10-24(11-9-22)38(2,3)37/h4-18H,1-3H3,(H,34,36)(H,30,31,33). The smallest absolute Gasteiger partial charge is 0.257 e. The molecule has 190 valence electrons. The molecule has 5 rings (SSSR count). The number of amides is 1. The lowest BCUT2D eigenvalue weighted by atomic mass is 10.1. The van der Waals surface area contributed by atoms with Crippen molar-refractivity contribution in [3.63, 3.8) is 0 Å². The number of aromatic nitrogens is 5. The monoisotopic (exact) mass is 523 g/mol. The molecular formula is C28H26N7O2P. The molecule has 0 unspecified atom stereocenters. The maximum atomic E-state index is 12.5. The van der Waals surface area contributed by atoms with E-state index in [-0.39, 0.29) is 5.91 Å². The van der Waals surface area contributed by atoms with Crippen LogP contribution in [0.3, 0.4) is 0 Å². The number of hydrogen-bond donors (Lipinski definition) is 2. The summed E-state index contributed by atoms with van der Waals surface area (Å²) in [5.74, 6) is 0.352. The Bertz CT molecular complexity index is 1690. The second kappa shape index (κ2) is 10.4. The van der Waals surface area contributed by atoms with Gasteiger partial charge in [-0.25, -0.2) is 15.0 Å². The molecule has 0 aliphatic heterocycles. The number of benzene rings is 2. The minimum absolute atomic E-state index is 0.220. The van der Waals surface area contributed by atoms with E-state index >= 15 is 0 Å². The Hall–Kier alpha value is -4.62. The van der Waals surface area contributed by atoms with Crippen molar-refractivity contribution in [2.45, 2.75) is 6.92 Å². The number of imidazole rings is 1. The highest BCUT2D eigenvalue weighted by molar-refractivity contribution is 7.70. The lowest BCUT2D eigenvalue weighted by molar-refractivity contribution is 0.102. The topological polar surface area (TPSA) is 115 Å². The van der Waals surface area contributed by atoms with Crippen molar-refractivity contribution in [2.24, 2.45) is 0 Å². The van der Waals surface area contributed by atoms with Crippen LogP contribution in [-0.4, -0.2) is 43.7 Å². The summed E-state index contributed by atoms with van der Waals surface area (Å²) in [5, 5.41) is 7.01. The van der Waals surface area contributed by atoms with Crippen LogP contribution in [0.1, 0.15) is 21.5 Å². The highest BCUT2D eigenvalue weighted by Crippen LogP contribution is 2.35. The molecule has 0 saturated carbocycles. The summed E-state index contributed by atoms with van der Waals surface area (Å²) in [6.45, 7) is 5.50. The minimum Gasteiger partial charge on any atom is -0.338 e. The number of fused-ring (bicyclic) bond motifs is 1. The van der Waals surface area contributed by atoms with Gasteiger partial charge in [-0.1, -0.05) is 6.07 Å². The average molecular weight is 524 g/mol. The van der Waals surface area contributed by atoms with Crippen molar-refractivity contribution in [3.8, 4) is 0 Å². The van der Waals surface area contributed by atoms with Gasteiger partial charge in [-0.15, -0.1) is 0 Å². The summed E-state index contributed by atoms with van der Waals surface area (Å²) in [5.41, 5.74) is 5.23. The molecule has 0 spiro atoms. The van der Waals surface area contributed by atoms with Crippen LogP contribution >= 0.6 is 7.14 Å². The summed E-state index contributed by atoms with van der Waals surface area (Å²) in [7, 11) is -2.32. The first-order chi connectivity index (χ1) is 18.3. The Kier molecular flexibility index (Phi) is 6.85. The third-order valence-electron chi connectivity index (χ3n) is 5.99. The fourth-order valence-electron chi connectivity index (χ4n) is 3.85. The van der Waals surface area contributed by atoms with Gasteiger partial charge in [0.1, 0.15) is 19.8 Å². The Balaban J connectivity index is 1.36. The zero-order valence-corrected chi connectivity index (χ0v) is 22.1. The molecule has 5 aromatic rings. The summed E-state index contributed by atoms with van der Waals surface area (Å²) in [4.78, 5) is 29.8. The van der Waals surface area contributed by atoms with Crippen LogP contribution in [0.15, 0.2) is 79.6 Å². The quantitative estimate of drug-likeness (QED) is 0.275. The number of anilines is 3. The molecule has 0 fully saturated rings. The van der Waals surface area contributed by atoms with E-state index in [1.807, 2.05) is 66.2 Å². The number of aryl methyl sites for hydroxylation is 1. The van der Waals surface area contributed by atoms with Crippen molar-refractivity contribution in [2.75, 3.05) is 24.0 Å². The SMILES string of the molecule is Cc1ccc(NC(=O)c2cccnc2)cc1C=Cn1cnc2c(Nc3ccc(P(C)(C)=O)cc3)ncnc21. The van der Waals surface area contributed by atoms with Gasteiger partial charge in [-0.05, 0) is 86.0 Å². The minimum atomic E-state index is -2.32. The average Bonchev–Trinajstić information content (AvgIpc) is 3.33. The van der Waals surface area contributed by atoms with E-state index < -0.39 is 7.14 Å². The van der Waals surface area contributed by atoms with Crippen LogP contribution in [0.25, 0.3) is 23.4 Å². The van der Waals surface area contributed by atoms with Crippen LogP contribution in [0.5, 0.6) is 0 Å². The summed E-state index contributed by atoms with van der Waals surface area (Å²) in [6, 6.07) is 16.7. The predicted octanol–water partition coefficient (Wildman–Crippen LogP) is 5.40. The van der Waals surface area contributed by atoms with E-state index in [2.05, 4.69) is 30.6 Å². The Morgan fingerprint density at radius 3 is 2.53 bits per heavy atom. The summed E-state index contributed by atoms with van der Waals surface area (Å²) in [6.07, 6.45) is 10.1. The second-order valence-corrected chi connectivity index (χ2v) is 12.4. The number of nitrogens with one attached hydrogen (secondary N) is 2. The van der Waals surface area contributed by atoms with Gasteiger partial charge < -0.3 is 15.2 Å². The zero-order valence-electron chi connectivity index (χ0n) is 21.2. The Labute approximate surface area is 220 Å². The summed E-state index contributed by atoms with van der Waals surface area (Å²) >= 11 is 0. The van der Waals surface area contributed by atoms with E-state index in [0.717, 1.165) is 22.1 Å². The molecule has 0 atom stereocenters. The molecule has 10 heteroatoms. The van der Waals surface area contributed by atoms with Crippen molar-refractivity contribution in [1.82, 2.24) is 24.5 Å². The van der Waals surface area contributed by atoms with E-state index in [4.69, 9.17) is 0 Å². The summed E-state index contributed by atoms with van der Waals surface area (Å²) < 4.78 is 14.1. The van der Waals surface area contributed by atoms with Gasteiger partial charge in [0.05, 0.1) is 5.56 Å². The van der Waals surface area contributed by atoms with Gasteiger partial charge in [-0.2, -0.15) is 0 Å². The van der Waals surface area contributed by atoms with Crippen LogP contribution in [0, 0.1) is 6.92 Å². The lowest BCUT2D eigenvalue weighted by Crippen LogP contribution is -2.12.